The van der Waals surface area contributed by atoms with Crippen molar-refractivity contribution in [2.24, 2.45) is 28.1 Å². The third-order valence-electron chi connectivity index (χ3n) is 8.68. The van der Waals surface area contributed by atoms with Gasteiger partial charge in [-0.15, -0.1) is 0 Å². The molecule has 0 aromatic heterocycles. The SMILES string of the molecule is CC1(C)CCCN(CC2(C)CC3C[C@]4(c5ccccc5)C[C@@](C)(C2)C34)C1. The Morgan fingerprint density at radius 2 is 1.77 bits per heavy atom. The van der Waals surface area contributed by atoms with Gasteiger partial charge in [0.15, 0.2) is 0 Å². The van der Waals surface area contributed by atoms with Crippen molar-refractivity contribution in [2.45, 2.75) is 71.6 Å². The lowest BCUT2D eigenvalue weighted by Crippen LogP contribution is -2.73. The van der Waals surface area contributed by atoms with Gasteiger partial charge in [0, 0.05) is 13.1 Å². The number of hydrogen-bond acceptors (Lipinski definition) is 1. The average Bonchev–Trinajstić information content (AvgIpc) is 2.50. The number of benzene rings is 1. The average molecular weight is 352 g/mol. The van der Waals surface area contributed by atoms with Gasteiger partial charge in [-0.3, -0.25) is 0 Å². The van der Waals surface area contributed by atoms with E-state index in [9.17, 15) is 0 Å². The maximum absolute atomic E-state index is 2.81. The van der Waals surface area contributed by atoms with Crippen LogP contribution in [0, 0.1) is 28.1 Å². The summed E-state index contributed by atoms with van der Waals surface area (Å²) >= 11 is 0. The van der Waals surface area contributed by atoms with Crippen LogP contribution in [0.1, 0.15) is 71.8 Å². The third-order valence-corrected chi connectivity index (χ3v) is 8.68. The lowest BCUT2D eigenvalue weighted by atomic mass is 9.27. The van der Waals surface area contributed by atoms with E-state index in [-0.39, 0.29) is 0 Å². The van der Waals surface area contributed by atoms with Crippen molar-refractivity contribution in [3.05, 3.63) is 35.9 Å². The van der Waals surface area contributed by atoms with Crippen LogP contribution < -0.4 is 0 Å². The van der Waals surface area contributed by atoms with Gasteiger partial charge in [0.1, 0.15) is 0 Å². The highest BCUT2D eigenvalue weighted by Crippen LogP contribution is 2.79. The predicted octanol–water partition coefficient (Wildman–Crippen LogP) is 5.89. The fraction of sp³-hybridized carbons (Fsp3) is 0.760. The first-order chi connectivity index (χ1) is 12.2. The maximum Gasteiger partial charge on any atom is 0.00359 e. The topological polar surface area (TPSA) is 3.24 Å². The minimum atomic E-state index is 0.519. The Bertz CT molecular complexity index is 693. The van der Waals surface area contributed by atoms with Crippen LogP contribution in [-0.4, -0.2) is 24.5 Å². The molecule has 0 amide bonds. The highest BCUT2D eigenvalue weighted by Gasteiger charge is 2.73. The summed E-state index contributed by atoms with van der Waals surface area (Å²) < 4.78 is 0. The molecular weight excluding hydrogens is 314 g/mol. The van der Waals surface area contributed by atoms with Gasteiger partial charge in [0.05, 0.1) is 0 Å². The number of piperidine rings is 1. The zero-order chi connectivity index (χ0) is 18.2. The van der Waals surface area contributed by atoms with Crippen LogP contribution in [0.15, 0.2) is 30.3 Å². The molecule has 1 nitrogen and oxygen atoms in total. The molecule has 4 fully saturated rings. The van der Waals surface area contributed by atoms with Crippen molar-refractivity contribution in [3.63, 3.8) is 0 Å². The minimum Gasteiger partial charge on any atom is -0.302 e. The predicted molar refractivity (Wildman–Crippen MR) is 109 cm³/mol. The Kier molecular flexibility index (Phi) is 3.57. The number of rotatable bonds is 3. The summed E-state index contributed by atoms with van der Waals surface area (Å²) in [6.45, 7) is 14.2. The van der Waals surface area contributed by atoms with Crippen molar-refractivity contribution < 1.29 is 0 Å². The molecule has 1 aromatic carbocycles. The standard InChI is InChI=1S/C25H37N/c1-22(2)11-8-12-26(17-22)18-23(3)13-19-14-25(20-9-6-5-7-10-20)16-24(4,15-23)21(19)25/h5-7,9-10,19,21H,8,11-18H2,1-4H3/t19?,21?,23?,24-,25-/m1/s1. The molecule has 3 aliphatic carbocycles. The van der Waals surface area contributed by atoms with E-state index in [1.165, 1.54) is 58.2 Å². The summed E-state index contributed by atoms with van der Waals surface area (Å²) in [5, 5.41) is 0. The van der Waals surface area contributed by atoms with Crippen molar-refractivity contribution in [1.82, 2.24) is 4.90 Å². The molecule has 5 rings (SSSR count). The van der Waals surface area contributed by atoms with Gasteiger partial charge >= 0.3 is 0 Å². The molecule has 1 aliphatic heterocycles. The van der Waals surface area contributed by atoms with E-state index < -0.39 is 0 Å². The Hall–Kier alpha value is -0.820. The lowest BCUT2D eigenvalue weighted by molar-refractivity contribution is -0.242. The second-order valence-electron chi connectivity index (χ2n) is 12.0. The van der Waals surface area contributed by atoms with Gasteiger partial charge in [0.2, 0.25) is 0 Å². The van der Waals surface area contributed by atoms with Crippen LogP contribution >= 0.6 is 0 Å². The molecule has 1 heterocycles. The molecule has 5 atom stereocenters. The molecule has 142 valence electrons. The van der Waals surface area contributed by atoms with E-state index in [4.69, 9.17) is 0 Å². The van der Waals surface area contributed by atoms with Gasteiger partial charge in [-0.2, -0.15) is 0 Å². The quantitative estimate of drug-likeness (QED) is 0.656. The maximum atomic E-state index is 2.81. The Morgan fingerprint density at radius 3 is 2.46 bits per heavy atom. The smallest absolute Gasteiger partial charge is 0.00359 e. The van der Waals surface area contributed by atoms with E-state index in [1.807, 2.05) is 0 Å². The summed E-state index contributed by atoms with van der Waals surface area (Å²) in [7, 11) is 0. The van der Waals surface area contributed by atoms with E-state index in [2.05, 4.69) is 62.9 Å². The Morgan fingerprint density at radius 1 is 1.00 bits per heavy atom. The first-order valence-electron chi connectivity index (χ1n) is 11.0. The Balaban J connectivity index is 1.32. The summed E-state index contributed by atoms with van der Waals surface area (Å²) in [5.41, 5.74) is 3.84. The van der Waals surface area contributed by atoms with Gasteiger partial charge in [-0.05, 0) is 84.1 Å². The molecule has 3 saturated carbocycles. The number of likely N-dealkylation sites (tertiary alicyclic amines) is 1. The van der Waals surface area contributed by atoms with Crippen molar-refractivity contribution in [1.29, 1.82) is 0 Å². The lowest BCUT2D eigenvalue weighted by Gasteiger charge is -2.78. The summed E-state index contributed by atoms with van der Waals surface area (Å²) in [6, 6.07) is 11.5. The van der Waals surface area contributed by atoms with Crippen LogP contribution in [0.2, 0.25) is 0 Å². The zero-order valence-electron chi connectivity index (χ0n) is 17.4. The highest BCUT2D eigenvalue weighted by atomic mass is 15.1. The largest absolute Gasteiger partial charge is 0.302 e. The molecular formula is C25H37N. The molecule has 1 aromatic rings. The molecule has 1 saturated heterocycles. The molecule has 0 spiro atoms. The fourth-order valence-electron chi connectivity index (χ4n) is 8.67. The normalized spacial score (nSPS) is 46.8. The minimum absolute atomic E-state index is 0.519. The van der Waals surface area contributed by atoms with E-state index in [0.717, 1.165) is 11.8 Å². The first kappa shape index (κ1) is 17.3. The number of hydrogen-bond donors (Lipinski definition) is 0. The van der Waals surface area contributed by atoms with Crippen molar-refractivity contribution >= 4 is 0 Å². The summed E-state index contributed by atoms with van der Waals surface area (Å²) in [6.07, 6.45) is 8.61. The van der Waals surface area contributed by atoms with Crippen LogP contribution in [-0.2, 0) is 5.41 Å². The third kappa shape index (κ3) is 2.45. The van der Waals surface area contributed by atoms with Crippen LogP contribution in [0.4, 0.5) is 0 Å². The van der Waals surface area contributed by atoms with Gasteiger partial charge < -0.3 is 4.90 Å². The van der Waals surface area contributed by atoms with Gasteiger partial charge in [-0.25, -0.2) is 0 Å². The van der Waals surface area contributed by atoms with E-state index in [1.54, 1.807) is 5.56 Å². The second kappa shape index (κ2) is 5.37. The molecule has 0 N–H and O–H groups in total. The summed E-state index contributed by atoms with van der Waals surface area (Å²) in [4.78, 5) is 2.81. The van der Waals surface area contributed by atoms with Crippen molar-refractivity contribution in [2.75, 3.05) is 19.6 Å². The highest BCUT2D eigenvalue weighted by molar-refractivity contribution is 5.39. The first-order valence-corrected chi connectivity index (χ1v) is 11.0. The fourth-order valence-corrected chi connectivity index (χ4v) is 8.67. The molecule has 0 bridgehead atoms. The van der Waals surface area contributed by atoms with Crippen LogP contribution in [0.5, 0.6) is 0 Å². The molecule has 26 heavy (non-hydrogen) atoms. The number of nitrogens with zero attached hydrogens (tertiary/aromatic N) is 1. The second-order valence-corrected chi connectivity index (χ2v) is 12.0. The van der Waals surface area contributed by atoms with E-state index >= 15 is 0 Å². The van der Waals surface area contributed by atoms with Crippen molar-refractivity contribution in [3.8, 4) is 0 Å². The Labute approximate surface area is 160 Å². The molecule has 4 aliphatic rings. The van der Waals surface area contributed by atoms with Gasteiger partial charge in [-0.1, -0.05) is 58.0 Å². The zero-order valence-corrected chi connectivity index (χ0v) is 17.4. The van der Waals surface area contributed by atoms with E-state index in [0.29, 0.717) is 21.7 Å². The monoisotopic (exact) mass is 351 g/mol. The molecule has 1 heteroatoms. The van der Waals surface area contributed by atoms with Gasteiger partial charge in [0.25, 0.3) is 0 Å². The van der Waals surface area contributed by atoms with Crippen LogP contribution in [0.3, 0.4) is 0 Å². The molecule has 0 radical (unpaired) electrons. The molecule has 3 unspecified atom stereocenters. The summed E-state index contributed by atoms with van der Waals surface area (Å²) in [5.74, 6) is 1.94. The van der Waals surface area contributed by atoms with Crippen LogP contribution in [0.25, 0.3) is 0 Å².